The van der Waals surface area contributed by atoms with Crippen molar-refractivity contribution in [2.75, 3.05) is 27.2 Å². The Morgan fingerprint density at radius 2 is 1.10 bits per heavy atom. The van der Waals surface area contributed by atoms with Gasteiger partial charge in [-0.2, -0.15) is 0 Å². The number of rotatable bonds is 12. The number of Topliss-reactive ketones (excluding diaryl/α,β-unsaturated/α-hetero) is 2. The maximum absolute atomic E-state index is 12.8. The van der Waals surface area contributed by atoms with Crippen molar-refractivity contribution in [2.45, 2.75) is 38.5 Å². The molecule has 158 valence electrons. The predicted octanol–water partition coefficient (Wildman–Crippen LogP) is 5.14. The first-order valence-corrected chi connectivity index (χ1v) is 11.0. The van der Waals surface area contributed by atoms with Crippen molar-refractivity contribution >= 4 is 33.1 Å². The smallest absolute Gasteiger partial charge is 0.163 e. The molecule has 3 rings (SSSR count). The van der Waals surface area contributed by atoms with Crippen LogP contribution in [0.1, 0.15) is 59.2 Å². The van der Waals surface area contributed by atoms with Crippen molar-refractivity contribution in [1.29, 1.82) is 0 Å². The molecule has 3 aromatic rings. The average Bonchev–Trinajstić information content (AvgIpc) is 2.77. The Hall–Kier alpha value is -2.56. The largest absolute Gasteiger partial charge is 0.320 e. The maximum Gasteiger partial charge on any atom is 0.163 e. The zero-order chi connectivity index (χ0) is 21.3. The topological polar surface area (TPSA) is 58.2 Å². The van der Waals surface area contributed by atoms with Gasteiger partial charge in [-0.15, -0.1) is 0 Å². The summed E-state index contributed by atoms with van der Waals surface area (Å²) in [4.78, 5) is 25.6. The summed E-state index contributed by atoms with van der Waals surface area (Å²) < 4.78 is 0. The third-order valence-electron chi connectivity index (χ3n) is 5.64. The van der Waals surface area contributed by atoms with Crippen LogP contribution in [0.3, 0.4) is 0 Å². The Kier molecular flexibility index (Phi) is 8.12. The van der Waals surface area contributed by atoms with Gasteiger partial charge in [0, 0.05) is 24.0 Å². The summed E-state index contributed by atoms with van der Waals surface area (Å²) in [6.45, 7) is 1.86. The number of nitrogens with one attached hydrogen (secondary N) is 2. The summed E-state index contributed by atoms with van der Waals surface area (Å²) in [5.74, 6) is 0.376. The second kappa shape index (κ2) is 11.0. The maximum atomic E-state index is 12.8. The molecule has 0 saturated heterocycles. The van der Waals surface area contributed by atoms with E-state index in [0.717, 1.165) is 71.4 Å². The van der Waals surface area contributed by atoms with Crippen molar-refractivity contribution in [3.05, 3.63) is 59.7 Å². The van der Waals surface area contributed by atoms with Crippen molar-refractivity contribution in [1.82, 2.24) is 10.6 Å². The van der Waals surface area contributed by atoms with Crippen LogP contribution in [-0.4, -0.2) is 38.8 Å². The third-order valence-corrected chi connectivity index (χ3v) is 5.64. The predicted molar refractivity (Wildman–Crippen MR) is 126 cm³/mol. The lowest BCUT2D eigenvalue weighted by Gasteiger charge is -2.11. The summed E-state index contributed by atoms with van der Waals surface area (Å²) in [6, 6.07) is 15.9. The first-order valence-electron chi connectivity index (χ1n) is 11.0. The molecule has 0 aliphatic heterocycles. The minimum atomic E-state index is 0.188. The summed E-state index contributed by atoms with van der Waals surface area (Å²) in [7, 11) is 3.86. The summed E-state index contributed by atoms with van der Waals surface area (Å²) >= 11 is 0. The molecular formula is C26H32N2O2. The number of carbonyl (C=O) groups excluding carboxylic acids is 2. The quantitative estimate of drug-likeness (QED) is 0.249. The molecule has 0 saturated carbocycles. The minimum absolute atomic E-state index is 0.188. The van der Waals surface area contributed by atoms with Gasteiger partial charge in [0.1, 0.15) is 0 Å². The van der Waals surface area contributed by atoms with Crippen molar-refractivity contribution in [3.8, 4) is 0 Å². The molecule has 2 N–H and O–H groups in total. The van der Waals surface area contributed by atoms with E-state index in [9.17, 15) is 9.59 Å². The number of fused-ring (bicyclic) bond motifs is 2. The van der Waals surface area contributed by atoms with Crippen molar-refractivity contribution in [2.24, 2.45) is 0 Å². The molecule has 0 radical (unpaired) electrons. The Labute approximate surface area is 179 Å². The van der Waals surface area contributed by atoms with Gasteiger partial charge >= 0.3 is 0 Å². The zero-order valence-electron chi connectivity index (χ0n) is 18.1. The van der Waals surface area contributed by atoms with Crippen molar-refractivity contribution < 1.29 is 9.59 Å². The van der Waals surface area contributed by atoms with E-state index < -0.39 is 0 Å². The summed E-state index contributed by atoms with van der Waals surface area (Å²) in [6.07, 6.45) is 4.88. The zero-order valence-corrected chi connectivity index (χ0v) is 18.1. The molecule has 0 amide bonds. The fourth-order valence-corrected chi connectivity index (χ4v) is 3.98. The second-order valence-corrected chi connectivity index (χ2v) is 7.87. The van der Waals surface area contributed by atoms with Crippen LogP contribution in [0.4, 0.5) is 0 Å². The lowest BCUT2D eigenvalue weighted by Crippen LogP contribution is -2.08. The van der Waals surface area contributed by atoms with Gasteiger partial charge < -0.3 is 10.6 Å². The summed E-state index contributed by atoms with van der Waals surface area (Å²) in [5, 5.41) is 10.2. The molecule has 0 aliphatic carbocycles. The number of ketones is 2. The number of carbonyl (C=O) groups is 2. The monoisotopic (exact) mass is 404 g/mol. The molecule has 4 heteroatoms. The molecule has 0 heterocycles. The molecule has 0 fully saturated rings. The van der Waals surface area contributed by atoms with Gasteiger partial charge in [-0.1, -0.05) is 36.4 Å². The van der Waals surface area contributed by atoms with E-state index in [0.29, 0.717) is 12.8 Å². The Bertz CT molecular complexity index is 943. The molecule has 3 aromatic carbocycles. The summed E-state index contributed by atoms with van der Waals surface area (Å²) in [5.41, 5.74) is 1.56. The van der Waals surface area contributed by atoms with Crippen molar-refractivity contribution in [3.63, 3.8) is 0 Å². The van der Waals surface area contributed by atoms with Gasteiger partial charge in [-0.3, -0.25) is 9.59 Å². The lowest BCUT2D eigenvalue weighted by molar-refractivity contribution is 0.0973. The molecule has 4 nitrogen and oxygen atoms in total. The third kappa shape index (κ3) is 5.32. The first kappa shape index (κ1) is 22.1. The van der Waals surface area contributed by atoms with E-state index in [1.54, 1.807) is 0 Å². The number of hydrogen-bond acceptors (Lipinski definition) is 4. The minimum Gasteiger partial charge on any atom is -0.320 e. The molecule has 0 atom stereocenters. The fourth-order valence-electron chi connectivity index (χ4n) is 3.98. The van der Waals surface area contributed by atoms with Gasteiger partial charge in [0.15, 0.2) is 11.6 Å². The van der Waals surface area contributed by atoms with Crippen LogP contribution in [0.2, 0.25) is 0 Å². The van der Waals surface area contributed by atoms with Crippen LogP contribution in [0.15, 0.2) is 48.5 Å². The number of hydrogen-bond donors (Lipinski definition) is 2. The highest BCUT2D eigenvalue weighted by atomic mass is 16.1. The number of unbranched alkanes of at least 4 members (excludes halogenated alkanes) is 2. The van der Waals surface area contributed by atoms with E-state index in [2.05, 4.69) is 22.8 Å². The molecule has 0 aliphatic rings. The highest BCUT2D eigenvalue weighted by molar-refractivity contribution is 6.15. The molecule has 30 heavy (non-hydrogen) atoms. The van der Waals surface area contributed by atoms with E-state index in [1.807, 2.05) is 50.5 Å². The highest BCUT2D eigenvalue weighted by Gasteiger charge is 2.14. The second-order valence-electron chi connectivity index (χ2n) is 7.87. The van der Waals surface area contributed by atoms with E-state index in [1.165, 1.54) is 0 Å². The van der Waals surface area contributed by atoms with Crippen LogP contribution in [0.5, 0.6) is 0 Å². The van der Waals surface area contributed by atoms with Gasteiger partial charge in [-0.05, 0) is 86.5 Å². The van der Waals surface area contributed by atoms with Crippen LogP contribution in [-0.2, 0) is 0 Å². The SMILES string of the molecule is CNCCCCC(=O)c1cccc2cc3c(C(=O)CCCCNC)cccc3cc12. The normalized spacial score (nSPS) is 11.3. The standard InChI is InChI=1S/C26H32N2O2/c1-27-15-5-3-13-25(29)21-11-7-9-19-18-24-20(17-23(19)21)10-8-12-22(24)26(30)14-4-6-16-28-2/h7-12,17-18,27-28H,3-6,13-16H2,1-2H3. The van der Waals surface area contributed by atoms with Gasteiger partial charge in [-0.25, -0.2) is 0 Å². The Morgan fingerprint density at radius 3 is 1.50 bits per heavy atom. The van der Waals surface area contributed by atoms with Gasteiger partial charge in [0.2, 0.25) is 0 Å². The van der Waals surface area contributed by atoms with Crippen LogP contribution in [0.25, 0.3) is 21.5 Å². The number of benzene rings is 3. The fraction of sp³-hybridized carbons (Fsp3) is 0.385. The molecule has 0 unspecified atom stereocenters. The van der Waals surface area contributed by atoms with E-state index >= 15 is 0 Å². The first-order chi connectivity index (χ1) is 14.7. The van der Waals surface area contributed by atoms with Crippen LogP contribution in [0, 0.1) is 0 Å². The highest BCUT2D eigenvalue weighted by Crippen LogP contribution is 2.29. The average molecular weight is 405 g/mol. The molecule has 0 bridgehead atoms. The molecule has 0 aromatic heterocycles. The Morgan fingerprint density at radius 1 is 0.667 bits per heavy atom. The molecule has 0 spiro atoms. The van der Waals surface area contributed by atoms with Gasteiger partial charge in [0.05, 0.1) is 0 Å². The molecular weight excluding hydrogens is 372 g/mol. The van der Waals surface area contributed by atoms with Gasteiger partial charge in [0.25, 0.3) is 0 Å². The van der Waals surface area contributed by atoms with Crippen LogP contribution >= 0.6 is 0 Å². The Balaban J connectivity index is 1.89. The van der Waals surface area contributed by atoms with E-state index in [-0.39, 0.29) is 11.6 Å². The van der Waals surface area contributed by atoms with Crippen LogP contribution < -0.4 is 10.6 Å². The van der Waals surface area contributed by atoms with E-state index in [4.69, 9.17) is 0 Å². The lowest BCUT2D eigenvalue weighted by atomic mass is 9.92.